The summed E-state index contributed by atoms with van der Waals surface area (Å²) in [6, 6.07) is 10.2. The van der Waals surface area contributed by atoms with Crippen LogP contribution >= 0.6 is 23.2 Å². The number of carbonyl (C=O) groups excluding carboxylic acids is 1. The summed E-state index contributed by atoms with van der Waals surface area (Å²) < 4.78 is 21.1. The maximum absolute atomic E-state index is 12.2. The first-order valence-corrected chi connectivity index (χ1v) is 8.96. The summed E-state index contributed by atoms with van der Waals surface area (Å²) in [5.41, 5.74) is 0.970. The molecule has 3 aromatic rings. The predicted molar refractivity (Wildman–Crippen MR) is 101 cm³/mol. The Balaban J connectivity index is 1.38. The average Bonchev–Trinajstić information content (AvgIpc) is 3.16. The first-order chi connectivity index (χ1) is 13.6. The van der Waals surface area contributed by atoms with Gasteiger partial charge in [-0.1, -0.05) is 40.5 Å². The highest BCUT2D eigenvalue weighted by atomic mass is 35.5. The van der Waals surface area contributed by atoms with Gasteiger partial charge in [0.15, 0.2) is 18.1 Å². The van der Waals surface area contributed by atoms with E-state index in [4.69, 9.17) is 41.9 Å². The van der Waals surface area contributed by atoms with Gasteiger partial charge < -0.3 is 19.5 Å². The number of benzene rings is 2. The molecule has 1 aromatic heterocycles. The number of rotatable bonds is 5. The second-order valence-electron chi connectivity index (χ2n) is 5.68. The lowest BCUT2D eigenvalue weighted by atomic mass is 10.2. The highest BCUT2D eigenvalue weighted by Gasteiger charge is 2.17. The van der Waals surface area contributed by atoms with E-state index in [9.17, 15) is 4.79 Å². The molecule has 0 saturated heterocycles. The zero-order valence-corrected chi connectivity index (χ0v) is 15.8. The van der Waals surface area contributed by atoms with Gasteiger partial charge in [0.1, 0.15) is 13.2 Å². The van der Waals surface area contributed by atoms with Crippen LogP contribution in [0.25, 0.3) is 11.4 Å². The molecule has 10 heteroatoms. The summed E-state index contributed by atoms with van der Waals surface area (Å²) in [7, 11) is 0. The Morgan fingerprint density at radius 2 is 1.86 bits per heavy atom. The molecule has 0 radical (unpaired) electrons. The molecule has 0 fully saturated rings. The molecule has 0 unspecified atom stereocenters. The Bertz CT molecular complexity index is 1020. The Hall–Kier alpha value is -2.97. The SMILES string of the molecule is O=C(COc1nc(-c2ccccc2Cl)no1)Nc1cc2c(cc1Cl)OCCO2. The number of aromatic nitrogens is 2. The number of anilines is 1. The summed E-state index contributed by atoms with van der Waals surface area (Å²) >= 11 is 12.3. The molecule has 2 heterocycles. The highest BCUT2D eigenvalue weighted by Crippen LogP contribution is 2.38. The smallest absolute Gasteiger partial charge is 0.418 e. The van der Waals surface area contributed by atoms with Gasteiger partial charge >= 0.3 is 6.08 Å². The van der Waals surface area contributed by atoms with Crippen molar-refractivity contribution in [3.05, 3.63) is 46.4 Å². The summed E-state index contributed by atoms with van der Waals surface area (Å²) in [5.74, 6) is 0.837. The molecule has 1 amide bonds. The summed E-state index contributed by atoms with van der Waals surface area (Å²) in [6.45, 7) is 0.522. The fraction of sp³-hybridized carbons (Fsp3) is 0.167. The molecule has 0 aliphatic carbocycles. The Morgan fingerprint density at radius 3 is 2.64 bits per heavy atom. The zero-order chi connectivity index (χ0) is 19.5. The van der Waals surface area contributed by atoms with Crippen LogP contribution in [-0.2, 0) is 4.79 Å². The van der Waals surface area contributed by atoms with Crippen molar-refractivity contribution in [2.75, 3.05) is 25.1 Å². The Kier molecular flexibility index (Phi) is 5.23. The van der Waals surface area contributed by atoms with E-state index in [1.54, 1.807) is 36.4 Å². The van der Waals surface area contributed by atoms with Gasteiger partial charge in [0.05, 0.1) is 15.7 Å². The maximum atomic E-state index is 12.2. The van der Waals surface area contributed by atoms with Gasteiger partial charge in [-0.05, 0) is 12.1 Å². The van der Waals surface area contributed by atoms with Gasteiger partial charge in [-0.3, -0.25) is 9.32 Å². The number of nitrogens with zero attached hydrogens (tertiary/aromatic N) is 2. The van der Waals surface area contributed by atoms with Gasteiger partial charge in [-0.25, -0.2) is 0 Å². The minimum absolute atomic E-state index is 0.154. The molecule has 1 aliphatic heterocycles. The Labute approximate surface area is 169 Å². The third-order valence-corrected chi connectivity index (χ3v) is 4.40. The predicted octanol–water partition coefficient (Wildman–Crippen LogP) is 3.83. The number of halogens is 2. The number of hydrogen-bond acceptors (Lipinski definition) is 7. The molecule has 8 nitrogen and oxygen atoms in total. The molecule has 144 valence electrons. The van der Waals surface area contributed by atoms with Crippen LogP contribution in [0.1, 0.15) is 0 Å². The molecular weight excluding hydrogens is 409 g/mol. The topological polar surface area (TPSA) is 95.7 Å². The van der Waals surface area contributed by atoms with Crippen molar-refractivity contribution < 1.29 is 23.5 Å². The summed E-state index contributed by atoms with van der Waals surface area (Å²) in [5, 5.41) is 7.22. The molecule has 0 bridgehead atoms. The van der Waals surface area contributed by atoms with Gasteiger partial charge in [-0.2, -0.15) is 4.98 Å². The summed E-state index contributed by atoms with van der Waals surface area (Å²) in [4.78, 5) is 16.2. The van der Waals surface area contributed by atoms with Crippen LogP contribution in [0.3, 0.4) is 0 Å². The van der Waals surface area contributed by atoms with Crippen LogP contribution in [-0.4, -0.2) is 35.9 Å². The van der Waals surface area contributed by atoms with Crippen LogP contribution in [0.2, 0.25) is 10.0 Å². The lowest BCUT2D eigenvalue weighted by molar-refractivity contribution is -0.118. The number of ether oxygens (including phenoxy) is 3. The lowest BCUT2D eigenvalue weighted by Crippen LogP contribution is -2.21. The second kappa shape index (κ2) is 7.95. The van der Waals surface area contributed by atoms with E-state index >= 15 is 0 Å². The van der Waals surface area contributed by atoms with Crippen molar-refractivity contribution in [2.24, 2.45) is 0 Å². The van der Waals surface area contributed by atoms with Crippen LogP contribution in [0.5, 0.6) is 17.6 Å². The van der Waals surface area contributed by atoms with E-state index in [1.807, 2.05) is 0 Å². The van der Waals surface area contributed by atoms with Crippen LogP contribution in [0, 0.1) is 0 Å². The normalized spacial score (nSPS) is 12.5. The number of nitrogens with one attached hydrogen (secondary N) is 1. The van der Waals surface area contributed by atoms with E-state index in [0.29, 0.717) is 46.0 Å². The van der Waals surface area contributed by atoms with Gasteiger partial charge in [0.25, 0.3) is 5.91 Å². The fourth-order valence-corrected chi connectivity index (χ4v) is 2.91. The van der Waals surface area contributed by atoms with Crippen molar-refractivity contribution in [1.29, 1.82) is 0 Å². The molecule has 0 saturated carbocycles. The minimum Gasteiger partial charge on any atom is -0.486 e. The minimum atomic E-state index is -0.462. The van der Waals surface area contributed by atoms with Crippen molar-refractivity contribution in [2.45, 2.75) is 0 Å². The third kappa shape index (κ3) is 3.97. The van der Waals surface area contributed by atoms with E-state index in [1.165, 1.54) is 0 Å². The van der Waals surface area contributed by atoms with Gasteiger partial charge in [0, 0.05) is 17.7 Å². The van der Waals surface area contributed by atoms with Crippen molar-refractivity contribution >= 4 is 34.8 Å². The lowest BCUT2D eigenvalue weighted by Gasteiger charge is -2.19. The third-order valence-electron chi connectivity index (χ3n) is 3.75. The largest absolute Gasteiger partial charge is 0.486 e. The summed E-state index contributed by atoms with van der Waals surface area (Å²) in [6.07, 6.45) is -0.154. The van der Waals surface area contributed by atoms with E-state index in [0.717, 1.165) is 0 Å². The number of fused-ring (bicyclic) bond motifs is 1. The van der Waals surface area contributed by atoms with Crippen molar-refractivity contribution in [1.82, 2.24) is 10.1 Å². The zero-order valence-electron chi connectivity index (χ0n) is 14.3. The highest BCUT2D eigenvalue weighted by molar-refractivity contribution is 6.34. The first kappa shape index (κ1) is 18.4. The number of hydrogen-bond donors (Lipinski definition) is 1. The molecule has 0 atom stereocenters. The molecule has 1 aliphatic rings. The maximum Gasteiger partial charge on any atom is 0.418 e. The standard InChI is InChI=1S/C18H13Cl2N3O5/c19-11-4-2-1-3-10(11)17-22-18(28-23-17)27-9-16(24)21-13-8-15-14(7-12(13)20)25-5-6-26-15/h1-4,7-8H,5-6,9H2,(H,21,24). The van der Waals surface area contributed by atoms with E-state index in [2.05, 4.69) is 15.5 Å². The van der Waals surface area contributed by atoms with Gasteiger partial charge in [-0.15, -0.1) is 0 Å². The molecular formula is C18H13Cl2N3O5. The molecule has 0 spiro atoms. The quantitative estimate of drug-likeness (QED) is 0.668. The van der Waals surface area contributed by atoms with Crippen molar-refractivity contribution in [3.63, 3.8) is 0 Å². The monoisotopic (exact) mass is 421 g/mol. The first-order valence-electron chi connectivity index (χ1n) is 8.20. The Morgan fingerprint density at radius 1 is 1.11 bits per heavy atom. The molecule has 28 heavy (non-hydrogen) atoms. The fourth-order valence-electron chi connectivity index (χ4n) is 2.49. The van der Waals surface area contributed by atoms with Crippen LogP contribution in [0.15, 0.2) is 40.9 Å². The average molecular weight is 422 g/mol. The van der Waals surface area contributed by atoms with Gasteiger partial charge in [0.2, 0.25) is 5.82 Å². The second-order valence-corrected chi connectivity index (χ2v) is 6.49. The van der Waals surface area contributed by atoms with Crippen molar-refractivity contribution in [3.8, 4) is 29.0 Å². The number of amides is 1. The van der Waals surface area contributed by atoms with Crippen LogP contribution in [0.4, 0.5) is 5.69 Å². The van der Waals surface area contributed by atoms with E-state index in [-0.39, 0.29) is 18.5 Å². The molecule has 1 N–H and O–H groups in total. The molecule has 4 rings (SSSR count). The van der Waals surface area contributed by atoms with Crippen LogP contribution < -0.4 is 19.5 Å². The molecule has 2 aromatic carbocycles. The van der Waals surface area contributed by atoms with E-state index < -0.39 is 5.91 Å². The number of carbonyl (C=O) groups is 1.